The minimum atomic E-state index is -4.06. The number of fused-ring (bicyclic) bond motifs is 2. The van der Waals surface area contributed by atoms with Gasteiger partial charge in [0.25, 0.3) is 0 Å². The van der Waals surface area contributed by atoms with Crippen molar-refractivity contribution in [2.75, 3.05) is 39.3 Å². The molecular formula is C15H26F3N3. The maximum Gasteiger partial charge on any atom is 0.401 e. The molecule has 3 rings (SSSR count). The number of hydrogen-bond donors (Lipinski definition) is 1. The summed E-state index contributed by atoms with van der Waals surface area (Å²) in [6, 6.07) is 1.47. The zero-order valence-electron chi connectivity index (χ0n) is 12.5. The Balaban J connectivity index is 1.34. The van der Waals surface area contributed by atoms with Crippen LogP contribution >= 0.6 is 0 Å². The summed E-state index contributed by atoms with van der Waals surface area (Å²) in [7, 11) is 0. The first-order chi connectivity index (χ1) is 9.98. The minimum absolute atomic E-state index is 0.553. The van der Waals surface area contributed by atoms with Gasteiger partial charge in [0.05, 0.1) is 6.54 Å². The molecule has 3 aliphatic rings. The van der Waals surface area contributed by atoms with Crippen LogP contribution in [0.2, 0.25) is 0 Å². The molecule has 0 saturated carbocycles. The van der Waals surface area contributed by atoms with Gasteiger partial charge in [-0.1, -0.05) is 0 Å². The second-order valence-corrected chi connectivity index (χ2v) is 7.00. The van der Waals surface area contributed by atoms with Crippen LogP contribution in [0, 0.1) is 5.92 Å². The number of halogens is 3. The molecule has 122 valence electrons. The van der Waals surface area contributed by atoms with E-state index in [0.717, 1.165) is 37.6 Å². The number of piperazine rings is 1. The highest BCUT2D eigenvalue weighted by atomic mass is 19.4. The van der Waals surface area contributed by atoms with Gasteiger partial charge in [0, 0.05) is 38.3 Å². The van der Waals surface area contributed by atoms with E-state index in [1.807, 2.05) is 0 Å². The Morgan fingerprint density at radius 3 is 2.05 bits per heavy atom. The number of nitrogens with zero attached hydrogens (tertiary/aromatic N) is 2. The molecule has 3 nitrogen and oxygen atoms in total. The van der Waals surface area contributed by atoms with Gasteiger partial charge in [0.2, 0.25) is 0 Å². The highest BCUT2D eigenvalue weighted by Crippen LogP contribution is 2.32. The summed E-state index contributed by atoms with van der Waals surface area (Å²) in [5.74, 6) is 0.817. The Morgan fingerprint density at radius 1 is 0.905 bits per heavy atom. The highest BCUT2D eigenvalue weighted by molar-refractivity contribution is 4.92. The summed E-state index contributed by atoms with van der Waals surface area (Å²) >= 11 is 0. The van der Waals surface area contributed by atoms with Crippen LogP contribution < -0.4 is 5.32 Å². The van der Waals surface area contributed by atoms with Gasteiger partial charge in [-0.15, -0.1) is 0 Å². The quantitative estimate of drug-likeness (QED) is 0.858. The van der Waals surface area contributed by atoms with Crippen LogP contribution in [0.1, 0.15) is 32.1 Å². The van der Waals surface area contributed by atoms with Crippen molar-refractivity contribution in [1.82, 2.24) is 15.1 Å². The first-order valence-electron chi connectivity index (χ1n) is 8.25. The van der Waals surface area contributed by atoms with Crippen LogP contribution in [-0.4, -0.2) is 67.3 Å². The molecule has 2 atom stereocenters. The van der Waals surface area contributed by atoms with Gasteiger partial charge in [0.1, 0.15) is 0 Å². The van der Waals surface area contributed by atoms with Crippen molar-refractivity contribution < 1.29 is 13.2 Å². The van der Waals surface area contributed by atoms with E-state index in [2.05, 4.69) is 10.2 Å². The van der Waals surface area contributed by atoms with E-state index in [9.17, 15) is 13.2 Å². The fraction of sp³-hybridized carbons (Fsp3) is 1.00. The molecule has 3 aliphatic heterocycles. The Morgan fingerprint density at radius 2 is 1.48 bits per heavy atom. The molecule has 0 aromatic rings. The van der Waals surface area contributed by atoms with E-state index in [1.54, 1.807) is 0 Å². The normalized spacial score (nSPS) is 35.3. The molecule has 0 spiro atoms. The van der Waals surface area contributed by atoms with E-state index in [-0.39, 0.29) is 0 Å². The molecule has 0 aliphatic carbocycles. The van der Waals surface area contributed by atoms with Gasteiger partial charge in [0.15, 0.2) is 0 Å². The second kappa shape index (κ2) is 6.42. The average Bonchev–Trinajstić information content (AvgIpc) is 2.75. The molecule has 1 N–H and O–H groups in total. The molecular weight excluding hydrogens is 279 g/mol. The zero-order chi connectivity index (χ0) is 14.9. The Hall–Kier alpha value is -0.330. The molecule has 3 fully saturated rings. The van der Waals surface area contributed by atoms with Gasteiger partial charge >= 0.3 is 6.18 Å². The van der Waals surface area contributed by atoms with Crippen molar-refractivity contribution in [1.29, 1.82) is 0 Å². The van der Waals surface area contributed by atoms with Crippen molar-refractivity contribution >= 4 is 0 Å². The Kier molecular flexibility index (Phi) is 4.76. The van der Waals surface area contributed by atoms with Crippen molar-refractivity contribution in [2.24, 2.45) is 5.92 Å². The van der Waals surface area contributed by atoms with E-state index in [4.69, 9.17) is 0 Å². The van der Waals surface area contributed by atoms with Gasteiger partial charge in [-0.3, -0.25) is 4.90 Å². The maximum atomic E-state index is 12.3. The van der Waals surface area contributed by atoms with Gasteiger partial charge in [-0.05, 0) is 44.6 Å². The third-order valence-corrected chi connectivity index (χ3v) is 5.29. The molecule has 6 heteroatoms. The molecule has 21 heavy (non-hydrogen) atoms. The second-order valence-electron chi connectivity index (χ2n) is 7.00. The molecule has 3 saturated heterocycles. The van der Waals surface area contributed by atoms with Crippen molar-refractivity contribution in [2.45, 2.75) is 50.4 Å². The van der Waals surface area contributed by atoms with Crippen LogP contribution in [0.3, 0.4) is 0 Å². The summed E-state index contributed by atoms with van der Waals surface area (Å²) in [5, 5.41) is 3.66. The standard InChI is InChI=1S/C15H26F3N3/c16-15(17,18)11-21-7-5-20(6-8-21)4-3-12-9-13-1-2-14(10-12)19-13/h12-14,19H,1-11H2. The van der Waals surface area contributed by atoms with Gasteiger partial charge in [-0.2, -0.15) is 13.2 Å². The monoisotopic (exact) mass is 305 g/mol. The lowest BCUT2D eigenvalue weighted by Crippen LogP contribution is -2.49. The fourth-order valence-electron chi connectivity index (χ4n) is 4.20. The van der Waals surface area contributed by atoms with Crippen molar-refractivity contribution in [3.63, 3.8) is 0 Å². The number of rotatable bonds is 4. The summed E-state index contributed by atoms with van der Waals surface area (Å²) in [5.41, 5.74) is 0. The average molecular weight is 305 g/mol. The Bertz CT molecular complexity index is 328. The van der Waals surface area contributed by atoms with Crippen molar-refractivity contribution in [3.8, 4) is 0 Å². The van der Waals surface area contributed by atoms with E-state index in [0.29, 0.717) is 13.1 Å². The van der Waals surface area contributed by atoms with Crippen molar-refractivity contribution in [3.05, 3.63) is 0 Å². The largest absolute Gasteiger partial charge is 0.401 e. The summed E-state index contributed by atoms with van der Waals surface area (Å²) in [6.07, 6.45) is 2.41. The molecule has 0 aromatic heterocycles. The lowest BCUT2D eigenvalue weighted by atomic mass is 9.89. The van der Waals surface area contributed by atoms with E-state index < -0.39 is 12.7 Å². The molecule has 0 aromatic carbocycles. The number of hydrogen-bond acceptors (Lipinski definition) is 3. The fourth-order valence-corrected chi connectivity index (χ4v) is 4.20. The van der Waals surface area contributed by atoms with E-state index >= 15 is 0 Å². The topological polar surface area (TPSA) is 18.5 Å². The maximum absolute atomic E-state index is 12.3. The molecule has 2 bridgehead atoms. The zero-order valence-corrected chi connectivity index (χ0v) is 12.5. The van der Waals surface area contributed by atoms with Crippen LogP contribution in [0.15, 0.2) is 0 Å². The summed E-state index contributed by atoms with van der Waals surface area (Å²) < 4.78 is 37.0. The SMILES string of the molecule is FC(F)(F)CN1CCN(CCC2CC3CCC(C2)N3)CC1. The van der Waals surface area contributed by atoms with Gasteiger partial charge in [-0.25, -0.2) is 0 Å². The molecule has 0 radical (unpaired) electrons. The third kappa shape index (κ3) is 4.57. The summed E-state index contributed by atoms with van der Waals surface area (Å²) in [6.45, 7) is 2.98. The van der Waals surface area contributed by atoms with Crippen LogP contribution in [0.5, 0.6) is 0 Å². The van der Waals surface area contributed by atoms with Crippen LogP contribution in [-0.2, 0) is 0 Å². The Labute approximate surface area is 124 Å². The summed E-state index contributed by atoms with van der Waals surface area (Å²) in [4.78, 5) is 3.87. The third-order valence-electron chi connectivity index (χ3n) is 5.29. The molecule has 2 unspecified atom stereocenters. The first kappa shape index (κ1) is 15.6. The lowest BCUT2D eigenvalue weighted by molar-refractivity contribution is -0.149. The molecule has 3 heterocycles. The smallest absolute Gasteiger partial charge is 0.311 e. The predicted octanol–water partition coefficient (Wildman–Crippen LogP) is 2.09. The van der Waals surface area contributed by atoms with Gasteiger partial charge < -0.3 is 10.2 Å². The van der Waals surface area contributed by atoms with Crippen LogP contribution in [0.4, 0.5) is 13.2 Å². The number of piperidine rings is 1. The number of alkyl halides is 3. The predicted molar refractivity (Wildman–Crippen MR) is 76.2 cm³/mol. The minimum Gasteiger partial charge on any atom is -0.311 e. The first-order valence-corrected chi connectivity index (χ1v) is 8.25. The van der Waals surface area contributed by atoms with Crippen LogP contribution in [0.25, 0.3) is 0 Å². The highest BCUT2D eigenvalue weighted by Gasteiger charge is 2.34. The molecule has 0 amide bonds. The number of nitrogens with one attached hydrogen (secondary N) is 1. The van der Waals surface area contributed by atoms with E-state index in [1.165, 1.54) is 37.0 Å². The lowest BCUT2D eigenvalue weighted by Gasteiger charge is -2.36.